The number of fused-ring (bicyclic) bond motifs is 1. The zero-order chi connectivity index (χ0) is 21.3. The second kappa shape index (κ2) is 8.36. The molecule has 1 aromatic heterocycles. The first-order valence-electron chi connectivity index (χ1n) is 10.2. The zero-order valence-corrected chi connectivity index (χ0v) is 17.1. The summed E-state index contributed by atoms with van der Waals surface area (Å²) in [6.45, 7) is 0. The van der Waals surface area contributed by atoms with E-state index in [1.807, 2.05) is 14.1 Å². The summed E-state index contributed by atoms with van der Waals surface area (Å²) in [5.41, 5.74) is 2.76. The van der Waals surface area contributed by atoms with Gasteiger partial charge in [-0.25, -0.2) is 19.2 Å². The normalized spacial score (nSPS) is 19.0. The molecule has 6 nitrogen and oxygen atoms in total. The number of nitrogens with one attached hydrogen (secondary N) is 1. The quantitative estimate of drug-likeness (QED) is 0.662. The van der Waals surface area contributed by atoms with E-state index in [0.29, 0.717) is 34.6 Å². The molecular formula is C23H25FN4O2. The molecule has 0 atom stereocenters. The van der Waals surface area contributed by atoms with Crippen molar-refractivity contribution >= 4 is 22.8 Å². The monoisotopic (exact) mass is 408 g/mol. The standard InChI is InChI=1S/C23H25FN4O2/c1-25-17-8-10-18(11-9-17)28(2)22-21(14-3-6-16(24)7-4-14)26-19-12-5-15(23(29)30)13-20(19)27-22/h3-7,12-13,17-18,25H,8-11H2,1-2H3,(H,29,30)/t17-,18-. The Morgan fingerprint density at radius 3 is 2.40 bits per heavy atom. The lowest BCUT2D eigenvalue weighted by Gasteiger charge is -2.36. The van der Waals surface area contributed by atoms with Gasteiger partial charge in [-0.15, -0.1) is 0 Å². The van der Waals surface area contributed by atoms with Crippen LogP contribution in [-0.2, 0) is 0 Å². The van der Waals surface area contributed by atoms with Gasteiger partial charge in [0.05, 0.1) is 16.6 Å². The fraction of sp³-hybridized carbons (Fsp3) is 0.348. The Kier molecular flexibility index (Phi) is 5.63. The van der Waals surface area contributed by atoms with Gasteiger partial charge >= 0.3 is 5.97 Å². The van der Waals surface area contributed by atoms with Crippen molar-refractivity contribution in [3.8, 4) is 11.3 Å². The molecule has 1 aliphatic rings. The van der Waals surface area contributed by atoms with Gasteiger partial charge in [0.1, 0.15) is 11.5 Å². The third kappa shape index (κ3) is 3.98. The zero-order valence-electron chi connectivity index (χ0n) is 17.1. The Hall–Kier alpha value is -3.06. The number of nitrogens with zero attached hydrogens (tertiary/aromatic N) is 3. The third-order valence-electron chi connectivity index (χ3n) is 6.00. The molecule has 1 aliphatic carbocycles. The third-order valence-corrected chi connectivity index (χ3v) is 6.00. The number of carboxylic acid groups (broad SMARTS) is 1. The van der Waals surface area contributed by atoms with Gasteiger partial charge in [-0.3, -0.25) is 0 Å². The summed E-state index contributed by atoms with van der Waals surface area (Å²) in [4.78, 5) is 23.1. The fourth-order valence-electron chi connectivity index (χ4n) is 4.15. The van der Waals surface area contributed by atoms with E-state index < -0.39 is 5.97 Å². The van der Waals surface area contributed by atoms with E-state index in [-0.39, 0.29) is 11.4 Å². The average molecular weight is 408 g/mol. The van der Waals surface area contributed by atoms with Crippen molar-refractivity contribution in [1.82, 2.24) is 15.3 Å². The maximum atomic E-state index is 13.5. The average Bonchev–Trinajstić information content (AvgIpc) is 2.78. The van der Waals surface area contributed by atoms with Gasteiger partial charge in [0.25, 0.3) is 0 Å². The SMILES string of the molecule is CN[C@H]1CC[C@H](N(C)c2nc3cc(C(=O)O)ccc3nc2-c2ccc(F)cc2)CC1. The molecule has 0 bridgehead atoms. The van der Waals surface area contributed by atoms with E-state index in [9.17, 15) is 14.3 Å². The number of halogens is 1. The molecule has 1 saturated carbocycles. The Bertz CT molecular complexity index is 1060. The molecule has 3 aromatic rings. The number of benzene rings is 2. The van der Waals surface area contributed by atoms with Crippen molar-refractivity contribution < 1.29 is 14.3 Å². The lowest BCUT2D eigenvalue weighted by Crippen LogP contribution is -2.40. The molecule has 0 spiro atoms. The van der Waals surface area contributed by atoms with Crippen LogP contribution in [0.1, 0.15) is 36.0 Å². The Morgan fingerprint density at radius 1 is 1.07 bits per heavy atom. The maximum absolute atomic E-state index is 13.5. The molecule has 2 N–H and O–H groups in total. The summed E-state index contributed by atoms with van der Waals surface area (Å²) in [6.07, 6.45) is 4.22. The maximum Gasteiger partial charge on any atom is 0.335 e. The van der Waals surface area contributed by atoms with Crippen LogP contribution in [-0.4, -0.2) is 47.2 Å². The van der Waals surface area contributed by atoms with Gasteiger partial charge in [0.15, 0.2) is 5.82 Å². The van der Waals surface area contributed by atoms with Crippen LogP contribution < -0.4 is 10.2 Å². The lowest BCUT2D eigenvalue weighted by molar-refractivity contribution is 0.0697. The van der Waals surface area contributed by atoms with Crippen LogP contribution in [0.15, 0.2) is 42.5 Å². The van der Waals surface area contributed by atoms with Gasteiger partial charge in [-0.1, -0.05) is 0 Å². The molecule has 0 saturated heterocycles. The van der Waals surface area contributed by atoms with E-state index in [1.165, 1.54) is 18.2 Å². The highest BCUT2D eigenvalue weighted by molar-refractivity contribution is 5.93. The predicted octanol–water partition coefficient (Wildman–Crippen LogP) is 4.10. The van der Waals surface area contributed by atoms with E-state index in [2.05, 4.69) is 10.2 Å². The molecule has 1 heterocycles. The molecular weight excluding hydrogens is 383 g/mol. The minimum Gasteiger partial charge on any atom is -0.478 e. The first-order valence-corrected chi connectivity index (χ1v) is 10.2. The van der Waals surface area contributed by atoms with Crippen LogP contribution in [0.25, 0.3) is 22.3 Å². The van der Waals surface area contributed by atoms with Gasteiger partial charge in [0, 0.05) is 24.7 Å². The van der Waals surface area contributed by atoms with Crippen LogP contribution in [0, 0.1) is 5.82 Å². The highest BCUT2D eigenvalue weighted by Crippen LogP contribution is 2.33. The number of hydrogen-bond donors (Lipinski definition) is 2. The Labute approximate surface area is 174 Å². The number of rotatable bonds is 5. The van der Waals surface area contributed by atoms with Gasteiger partial charge in [-0.2, -0.15) is 0 Å². The largest absolute Gasteiger partial charge is 0.478 e. The second-order valence-electron chi connectivity index (χ2n) is 7.82. The summed E-state index contributed by atoms with van der Waals surface area (Å²) in [5.74, 6) is -0.620. The molecule has 0 radical (unpaired) electrons. The Balaban J connectivity index is 1.80. The van der Waals surface area contributed by atoms with Crippen molar-refractivity contribution in [2.45, 2.75) is 37.8 Å². The van der Waals surface area contributed by atoms with Crippen LogP contribution in [0.5, 0.6) is 0 Å². The molecule has 0 aliphatic heterocycles. The van der Waals surface area contributed by atoms with Crippen LogP contribution in [0.2, 0.25) is 0 Å². The van der Waals surface area contributed by atoms with Crippen molar-refractivity contribution in [3.63, 3.8) is 0 Å². The van der Waals surface area contributed by atoms with Crippen LogP contribution in [0.4, 0.5) is 10.2 Å². The van der Waals surface area contributed by atoms with Gasteiger partial charge in [0.2, 0.25) is 0 Å². The topological polar surface area (TPSA) is 78.4 Å². The van der Waals surface area contributed by atoms with Crippen molar-refractivity contribution in [2.24, 2.45) is 0 Å². The van der Waals surface area contributed by atoms with Gasteiger partial charge < -0.3 is 15.3 Å². The summed E-state index contributed by atoms with van der Waals surface area (Å²) in [7, 11) is 4.00. The predicted molar refractivity (Wildman–Crippen MR) is 115 cm³/mol. The molecule has 1 fully saturated rings. The first-order chi connectivity index (χ1) is 14.5. The van der Waals surface area contributed by atoms with E-state index in [4.69, 9.17) is 9.97 Å². The summed E-state index contributed by atoms with van der Waals surface area (Å²) < 4.78 is 13.5. The van der Waals surface area contributed by atoms with E-state index in [0.717, 1.165) is 31.2 Å². The first kappa shape index (κ1) is 20.2. The highest BCUT2D eigenvalue weighted by Gasteiger charge is 2.26. The van der Waals surface area contributed by atoms with Crippen molar-refractivity contribution in [2.75, 3.05) is 19.0 Å². The minimum atomic E-state index is -0.999. The van der Waals surface area contributed by atoms with Crippen molar-refractivity contribution in [3.05, 3.63) is 53.8 Å². The molecule has 156 valence electrons. The molecule has 7 heteroatoms. The molecule has 0 amide bonds. The second-order valence-corrected chi connectivity index (χ2v) is 7.82. The fourth-order valence-corrected chi connectivity index (χ4v) is 4.15. The van der Waals surface area contributed by atoms with Gasteiger partial charge in [-0.05, 0) is 75.2 Å². The minimum absolute atomic E-state index is 0.175. The molecule has 4 rings (SSSR count). The summed E-state index contributed by atoms with van der Waals surface area (Å²) in [5, 5.41) is 12.7. The molecule has 30 heavy (non-hydrogen) atoms. The number of hydrogen-bond acceptors (Lipinski definition) is 5. The molecule has 0 unspecified atom stereocenters. The Morgan fingerprint density at radius 2 is 1.77 bits per heavy atom. The molecule has 2 aromatic carbocycles. The van der Waals surface area contributed by atoms with Crippen LogP contribution >= 0.6 is 0 Å². The van der Waals surface area contributed by atoms with Crippen LogP contribution in [0.3, 0.4) is 0 Å². The van der Waals surface area contributed by atoms with E-state index in [1.54, 1.807) is 24.3 Å². The summed E-state index contributed by atoms with van der Waals surface area (Å²) >= 11 is 0. The lowest BCUT2D eigenvalue weighted by atomic mass is 9.90. The smallest absolute Gasteiger partial charge is 0.335 e. The number of aromatic nitrogens is 2. The summed E-state index contributed by atoms with van der Waals surface area (Å²) in [6, 6.07) is 11.8. The highest BCUT2D eigenvalue weighted by atomic mass is 19.1. The number of anilines is 1. The van der Waals surface area contributed by atoms with Crippen molar-refractivity contribution in [1.29, 1.82) is 0 Å². The number of aromatic carboxylic acids is 1. The number of carbonyl (C=O) groups is 1. The number of carboxylic acids is 1. The van der Waals surface area contributed by atoms with E-state index >= 15 is 0 Å².